The number of unbranched alkanes of at least 4 members (excludes halogenated alkanes) is 1. The number of aliphatic carboxylic acids is 1. The molecule has 0 spiro atoms. The van der Waals surface area contributed by atoms with E-state index >= 15 is 0 Å². The fourth-order valence-corrected chi connectivity index (χ4v) is 5.95. The first-order valence-electron chi connectivity index (χ1n) is 13.2. The minimum absolute atomic E-state index is 0.0777. The molecule has 214 valence electrons. The van der Waals surface area contributed by atoms with Crippen molar-refractivity contribution in [1.29, 1.82) is 0 Å². The molecule has 2 aromatic heterocycles. The van der Waals surface area contributed by atoms with E-state index in [2.05, 4.69) is 10.6 Å². The molecule has 3 amide bonds. The fraction of sp³-hybridized carbons (Fsp3) is 0.414. The number of hydrogen-bond acceptors (Lipinski definition) is 7. The van der Waals surface area contributed by atoms with Crippen LogP contribution < -0.4 is 20.1 Å². The summed E-state index contributed by atoms with van der Waals surface area (Å²) in [4.78, 5) is 43.4. The maximum Gasteiger partial charge on any atom is 0.315 e. The lowest BCUT2D eigenvalue weighted by Gasteiger charge is -2.33. The molecule has 0 saturated carbocycles. The van der Waals surface area contributed by atoms with Gasteiger partial charge in [0.25, 0.3) is 0 Å². The summed E-state index contributed by atoms with van der Waals surface area (Å²) in [5.41, 5.74) is -0.807. The van der Waals surface area contributed by atoms with Gasteiger partial charge in [0.05, 0.1) is 24.5 Å². The number of benzene rings is 1. The van der Waals surface area contributed by atoms with Crippen molar-refractivity contribution in [3.8, 4) is 11.5 Å². The Morgan fingerprint density at radius 1 is 1.00 bits per heavy atom. The van der Waals surface area contributed by atoms with Crippen LogP contribution in [0.3, 0.4) is 0 Å². The number of rotatable bonds is 13. The molecule has 3 heterocycles. The predicted molar refractivity (Wildman–Crippen MR) is 155 cm³/mol. The lowest BCUT2D eigenvalue weighted by Crippen LogP contribution is -2.53. The second-order valence-corrected chi connectivity index (χ2v) is 12.3. The summed E-state index contributed by atoms with van der Waals surface area (Å²) in [5.74, 6) is -0.212. The molecule has 3 N–H and O–H groups in total. The highest BCUT2D eigenvalue weighted by Gasteiger charge is 2.40. The van der Waals surface area contributed by atoms with E-state index < -0.39 is 29.5 Å². The summed E-state index contributed by atoms with van der Waals surface area (Å²) < 4.78 is 10.9. The average Bonchev–Trinajstić information content (AvgIpc) is 3.72. The van der Waals surface area contributed by atoms with Gasteiger partial charge >= 0.3 is 12.0 Å². The van der Waals surface area contributed by atoms with Crippen LogP contribution in [0.15, 0.2) is 53.2 Å². The molecule has 1 aliphatic heterocycles. The minimum atomic E-state index is -1.36. The summed E-state index contributed by atoms with van der Waals surface area (Å²) in [7, 11) is 0. The lowest BCUT2D eigenvalue weighted by molar-refractivity contribution is -0.148. The molecule has 1 aromatic carbocycles. The van der Waals surface area contributed by atoms with E-state index in [1.807, 2.05) is 41.9 Å². The van der Waals surface area contributed by atoms with E-state index in [4.69, 9.17) is 9.47 Å². The van der Waals surface area contributed by atoms with Crippen LogP contribution in [0.2, 0.25) is 0 Å². The molecule has 2 atom stereocenters. The van der Waals surface area contributed by atoms with Gasteiger partial charge in [-0.25, -0.2) is 4.79 Å². The monoisotopic (exact) mass is 585 g/mol. The van der Waals surface area contributed by atoms with Gasteiger partial charge in [0.2, 0.25) is 12.7 Å². The number of nitrogens with one attached hydrogen (secondary N) is 2. The molecule has 0 bridgehead atoms. The standard InChI is InChI=1S/C29H35N3O6S2/c1-4-5-10-22(26(33)32(16-20-8-6-13-39-20)17-21-9-7-14-40-21)30-28(36)31-25(29(2,3)27(34)35)19-11-12-23-24(15-19)38-18-37-23/h6-9,11-15,22,25H,4-5,10,16-18H2,1-3H3,(H,34,35)(H2,30,31,36)/t22-,25+/m0/s1. The van der Waals surface area contributed by atoms with Crippen molar-refractivity contribution >= 4 is 40.6 Å². The first-order chi connectivity index (χ1) is 19.2. The smallest absolute Gasteiger partial charge is 0.315 e. The van der Waals surface area contributed by atoms with Gasteiger partial charge in [-0.2, -0.15) is 0 Å². The Kier molecular flexibility index (Phi) is 9.70. The van der Waals surface area contributed by atoms with Crippen LogP contribution in [0.5, 0.6) is 11.5 Å². The molecule has 40 heavy (non-hydrogen) atoms. The molecule has 11 heteroatoms. The van der Waals surface area contributed by atoms with Crippen molar-refractivity contribution in [3.63, 3.8) is 0 Å². The molecule has 1 aliphatic rings. The Morgan fingerprint density at radius 2 is 1.65 bits per heavy atom. The number of ether oxygens (including phenoxy) is 2. The van der Waals surface area contributed by atoms with Gasteiger partial charge in [0.15, 0.2) is 11.5 Å². The number of nitrogens with zero attached hydrogens (tertiary/aromatic N) is 1. The number of carbonyl (C=O) groups excluding carboxylic acids is 2. The zero-order valence-corrected chi connectivity index (χ0v) is 24.5. The number of thiophene rings is 2. The summed E-state index contributed by atoms with van der Waals surface area (Å²) in [6.45, 7) is 6.08. The molecular weight excluding hydrogens is 550 g/mol. The Morgan fingerprint density at radius 3 is 2.23 bits per heavy atom. The van der Waals surface area contributed by atoms with Crippen molar-refractivity contribution in [1.82, 2.24) is 15.5 Å². The van der Waals surface area contributed by atoms with Crippen LogP contribution >= 0.6 is 22.7 Å². The number of carbonyl (C=O) groups is 3. The van der Waals surface area contributed by atoms with Gasteiger partial charge in [0, 0.05) is 9.75 Å². The number of hydrogen-bond donors (Lipinski definition) is 3. The van der Waals surface area contributed by atoms with Crippen molar-refractivity contribution in [3.05, 3.63) is 68.5 Å². The first kappa shape index (κ1) is 29.4. The van der Waals surface area contributed by atoms with Gasteiger partial charge < -0.3 is 30.1 Å². The third-order valence-corrected chi connectivity index (χ3v) is 8.62. The highest BCUT2D eigenvalue weighted by molar-refractivity contribution is 7.10. The second-order valence-electron chi connectivity index (χ2n) is 10.2. The second kappa shape index (κ2) is 13.2. The highest BCUT2D eigenvalue weighted by atomic mass is 32.1. The molecular formula is C29H35N3O6S2. The Balaban J connectivity index is 1.55. The van der Waals surface area contributed by atoms with E-state index in [1.54, 1.807) is 59.6 Å². The highest BCUT2D eigenvalue weighted by Crippen LogP contribution is 2.39. The van der Waals surface area contributed by atoms with E-state index in [0.29, 0.717) is 36.6 Å². The molecule has 0 aliphatic carbocycles. The van der Waals surface area contributed by atoms with Crippen LogP contribution in [-0.2, 0) is 22.7 Å². The molecule has 0 fully saturated rings. The van der Waals surface area contributed by atoms with Gasteiger partial charge in [0.1, 0.15) is 6.04 Å². The van der Waals surface area contributed by atoms with E-state index in [0.717, 1.165) is 22.6 Å². The topological polar surface area (TPSA) is 117 Å². The fourth-order valence-electron chi connectivity index (χ4n) is 4.51. The molecule has 0 radical (unpaired) electrons. The Hall–Kier alpha value is -3.57. The van der Waals surface area contributed by atoms with Crippen molar-refractivity contribution < 1.29 is 29.0 Å². The van der Waals surface area contributed by atoms with Gasteiger partial charge in [-0.05, 0) is 60.9 Å². The average molecular weight is 586 g/mol. The van der Waals surface area contributed by atoms with Crippen LogP contribution in [0.25, 0.3) is 0 Å². The SMILES string of the molecule is CCCC[C@H](NC(=O)N[C@H](c1ccc2c(c1)OCO2)C(C)(C)C(=O)O)C(=O)N(Cc1cccs1)Cc1cccs1. The summed E-state index contributed by atoms with van der Waals surface area (Å²) in [6, 6.07) is 10.7. The summed E-state index contributed by atoms with van der Waals surface area (Å²) >= 11 is 3.16. The molecule has 3 aromatic rings. The van der Waals surface area contributed by atoms with Crippen LogP contribution in [-0.4, -0.2) is 40.7 Å². The zero-order valence-electron chi connectivity index (χ0n) is 22.8. The maximum absolute atomic E-state index is 13.9. The van der Waals surface area contributed by atoms with Crippen molar-refractivity contribution in [2.75, 3.05) is 6.79 Å². The molecule has 4 rings (SSSR count). The van der Waals surface area contributed by atoms with Crippen LogP contribution in [0, 0.1) is 5.41 Å². The molecule has 0 unspecified atom stereocenters. The minimum Gasteiger partial charge on any atom is -0.481 e. The maximum atomic E-state index is 13.9. The first-order valence-corrected chi connectivity index (χ1v) is 15.0. The Labute approximate surface area is 242 Å². The number of carboxylic acid groups (broad SMARTS) is 1. The van der Waals surface area contributed by atoms with E-state index in [-0.39, 0.29) is 12.7 Å². The van der Waals surface area contributed by atoms with Crippen molar-refractivity contribution in [2.45, 2.75) is 65.2 Å². The molecule has 9 nitrogen and oxygen atoms in total. The van der Waals surface area contributed by atoms with E-state index in [9.17, 15) is 19.5 Å². The number of amides is 3. The predicted octanol–water partition coefficient (Wildman–Crippen LogP) is 5.78. The largest absolute Gasteiger partial charge is 0.481 e. The summed E-state index contributed by atoms with van der Waals surface area (Å²) in [5, 5.41) is 19.7. The van der Waals surface area contributed by atoms with Gasteiger partial charge in [-0.3, -0.25) is 9.59 Å². The Bertz CT molecular complexity index is 1260. The van der Waals surface area contributed by atoms with Crippen LogP contribution in [0.1, 0.15) is 61.4 Å². The number of urea groups is 1. The van der Waals surface area contributed by atoms with Crippen molar-refractivity contribution in [2.24, 2.45) is 5.41 Å². The summed E-state index contributed by atoms with van der Waals surface area (Å²) in [6.07, 6.45) is 2.06. The van der Waals surface area contributed by atoms with Crippen LogP contribution in [0.4, 0.5) is 4.79 Å². The molecule has 0 saturated heterocycles. The number of carboxylic acids is 1. The van der Waals surface area contributed by atoms with E-state index in [1.165, 1.54) is 0 Å². The quantitative estimate of drug-likeness (QED) is 0.234. The van der Waals surface area contributed by atoms with Gasteiger partial charge in [-0.15, -0.1) is 22.7 Å². The number of fused-ring (bicyclic) bond motifs is 1. The third-order valence-electron chi connectivity index (χ3n) is 6.89. The normalized spacial score (nSPS) is 13.9. The lowest BCUT2D eigenvalue weighted by atomic mass is 9.80. The van der Waals surface area contributed by atoms with Gasteiger partial charge in [-0.1, -0.05) is 38.0 Å². The third kappa shape index (κ3) is 7.14. The zero-order chi connectivity index (χ0) is 28.7.